The molecule has 1 heterocycles. The third-order valence-electron chi connectivity index (χ3n) is 2.73. The normalized spacial score (nSPS) is 24.6. The standard InChI is InChI=1S/C11H11F2NO2/c12-7-3-6(4-8(13)5-7)9-1-2-10(14-9)11(15)16/h3-5,9-10,14H,1-2H2,(H,15,16)/t9-,10+/m0/s1. The molecule has 0 unspecified atom stereocenters. The smallest absolute Gasteiger partial charge is 0.320 e. The molecule has 0 aliphatic carbocycles. The third kappa shape index (κ3) is 2.19. The molecule has 0 spiro atoms. The Morgan fingerprint density at radius 2 is 1.88 bits per heavy atom. The maximum atomic E-state index is 13.0. The van der Waals surface area contributed by atoms with E-state index in [1.807, 2.05) is 0 Å². The summed E-state index contributed by atoms with van der Waals surface area (Å²) < 4.78 is 25.9. The Morgan fingerprint density at radius 1 is 1.25 bits per heavy atom. The minimum absolute atomic E-state index is 0.286. The van der Waals surface area contributed by atoms with Gasteiger partial charge in [-0.05, 0) is 30.5 Å². The second-order valence-electron chi connectivity index (χ2n) is 3.89. The van der Waals surface area contributed by atoms with Gasteiger partial charge in [0.05, 0.1) is 0 Å². The van der Waals surface area contributed by atoms with Crippen LogP contribution in [0.5, 0.6) is 0 Å². The maximum absolute atomic E-state index is 13.0. The van der Waals surface area contributed by atoms with Gasteiger partial charge < -0.3 is 5.11 Å². The first kappa shape index (κ1) is 11.0. The Balaban J connectivity index is 2.17. The van der Waals surface area contributed by atoms with E-state index >= 15 is 0 Å². The number of benzene rings is 1. The van der Waals surface area contributed by atoms with Gasteiger partial charge in [-0.25, -0.2) is 8.78 Å². The van der Waals surface area contributed by atoms with Crippen molar-refractivity contribution >= 4 is 5.97 Å². The van der Waals surface area contributed by atoms with Gasteiger partial charge in [-0.2, -0.15) is 0 Å². The summed E-state index contributed by atoms with van der Waals surface area (Å²) >= 11 is 0. The van der Waals surface area contributed by atoms with E-state index in [-0.39, 0.29) is 6.04 Å². The fraction of sp³-hybridized carbons (Fsp3) is 0.364. The zero-order valence-electron chi connectivity index (χ0n) is 8.41. The molecule has 0 bridgehead atoms. The van der Waals surface area contributed by atoms with E-state index in [1.54, 1.807) is 0 Å². The van der Waals surface area contributed by atoms with Crippen LogP contribution in [0.15, 0.2) is 18.2 Å². The second-order valence-corrected chi connectivity index (χ2v) is 3.89. The van der Waals surface area contributed by atoms with E-state index < -0.39 is 23.6 Å². The fourth-order valence-electron chi connectivity index (χ4n) is 1.98. The molecular weight excluding hydrogens is 216 g/mol. The Morgan fingerprint density at radius 3 is 2.38 bits per heavy atom. The van der Waals surface area contributed by atoms with Crippen LogP contribution in [-0.4, -0.2) is 17.1 Å². The average Bonchev–Trinajstić information content (AvgIpc) is 2.64. The number of carboxylic acid groups (broad SMARTS) is 1. The van der Waals surface area contributed by atoms with E-state index in [4.69, 9.17) is 5.11 Å². The van der Waals surface area contributed by atoms with Gasteiger partial charge in [0.25, 0.3) is 0 Å². The van der Waals surface area contributed by atoms with Crippen molar-refractivity contribution in [3.05, 3.63) is 35.4 Å². The second kappa shape index (κ2) is 4.17. The van der Waals surface area contributed by atoms with Crippen LogP contribution in [0.2, 0.25) is 0 Å². The molecule has 16 heavy (non-hydrogen) atoms. The summed E-state index contributed by atoms with van der Waals surface area (Å²) in [4.78, 5) is 10.7. The van der Waals surface area contributed by atoms with Crippen LogP contribution in [0.3, 0.4) is 0 Å². The highest BCUT2D eigenvalue weighted by Gasteiger charge is 2.29. The fourth-order valence-corrected chi connectivity index (χ4v) is 1.98. The molecule has 2 rings (SSSR count). The largest absolute Gasteiger partial charge is 0.480 e. The van der Waals surface area contributed by atoms with E-state index in [9.17, 15) is 13.6 Å². The first-order valence-corrected chi connectivity index (χ1v) is 5.01. The van der Waals surface area contributed by atoms with Gasteiger partial charge in [0.15, 0.2) is 0 Å². The van der Waals surface area contributed by atoms with Crippen LogP contribution in [0, 0.1) is 11.6 Å². The molecule has 0 aromatic heterocycles. The highest BCUT2D eigenvalue weighted by molar-refractivity contribution is 5.73. The van der Waals surface area contributed by atoms with E-state index in [0.29, 0.717) is 18.4 Å². The van der Waals surface area contributed by atoms with Crippen molar-refractivity contribution in [2.24, 2.45) is 0 Å². The summed E-state index contributed by atoms with van der Waals surface area (Å²) in [6.45, 7) is 0. The molecule has 1 aromatic carbocycles. The van der Waals surface area contributed by atoms with Gasteiger partial charge in [-0.15, -0.1) is 0 Å². The first-order valence-electron chi connectivity index (χ1n) is 5.01. The third-order valence-corrected chi connectivity index (χ3v) is 2.73. The van der Waals surface area contributed by atoms with Crippen molar-refractivity contribution in [1.29, 1.82) is 0 Å². The van der Waals surface area contributed by atoms with Crippen molar-refractivity contribution in [3.63, 3.8) is 0 Å². The molecule has 1 aliphatic heterocycles. The van der Waals surface area contributed by atoms with Crippen molar-refractivity contribution in [2.45, 2.75) is 24.9 Å². The Kier molecular flexibility index (Phi) is 2.87. The number of carbonyl (C=O) groups is 1. The SMILES string of the molecule is O=C(O)[C@H]1CC[C@@H](c2cc(F)cc(F)c2)N1. The summed E-state index contributed by atoms with van der Waals surface area (Å²) in [5, 5.41) is 11.6. The van der Waals surface area contributed by atoms with Crippen LogP contribution in [0.25, 0.3) is 0 Å². The topological polar surface area (TPSA) is 49.3 Å². The van der Waals surface area contributed by atoms with Gasteiger partial charge in [0, 0.05) is 12.1 Å². The van der Waals surface area contributed by atoms with E-state index in [1.165, 1.54) is 12.1 Å². The number of nitrogens with one attached hydrogen (secondary N) is 1. The first-order chi connectivity index (χ1) is 7.56. The van der Waals surface area contributed by atoms with Crippen molar-refractivity contribution in [3.8, 4) is 0 Å². The predicted molar refractivity (Wildman–Crippen MR) is 52.9 cm³/mol. The molecule has 2 atom stereocenters. The highest BCUT2D eigenvalue weighted by atomic mass is 19.1. The molecule has 1 aromatic rings. The van der Waals surface area contributed by atoms with Crippen molar-refractivity contribution in [2.75, 3.05) is 0 Å². The molecule has 5 heteroatoms. The minimum atomic E-state index is -0.931. The molecule has 0 amide bonds. The highest BCUT2D eigenvalue weighted by Crippen LogP contribution is 2.27. The summed E-state index contributed by atoms with van der Waals surface area (Å²) in [7, 11) is 0. The molecule has 1 aliphatic rings. The summed E-state index contributed by atoms with van der Waals surface area (Å²) in [6.07, 6.45) is 1.04. The maximum Gasteiger partial charge on any atom is 0.320 e. The number of halogens is 2. The molecule has 86 valence electrons. The lowest BCUT2D eigenvalue weighted by atomic mass is 10.1. The van der Waals surface area contributed by atoms with Gasteiger partial charge in [0.2, 0.25) is 0 Å². The van der Waals surface area contributed by atoms with Crippen molar-refractivity contribution < 1.29 is 18.7 Å². The molecule has 1 fully saturated rings. The number of rotatable bonds is 2. The van der Waals surface area contributed by atoms with Crippen LogP contribution < -0.4 is 5.32 Å². The van der Waals surface area contributed by atoms with Crippen LogP contribution >= 0.6 is 0 Å². The average molecular weight is 227 g/mol. The van der Waals surface area contributed by atoms with Crippen LogP contribution in [-0.2, 0) is 4.79 Å². The van der Waals surface area contributed by atoms with Gasteiger partial charge in [-0.1, -0.05) is 0 Å². The van der Waals surface area contributed by atoms with Gasteiger partial charge in [0.1, 0.15) is 17.7 Å². The molecule has 3 nitrogen and oxygen atoms in total. The van der Waals surface area contributed by atoms with Gasteiger partial charge in [-0.3, -0.25) is 10.1 Å². The number of hydrogen-bond donors (Lipinski definition) is 2. The number of carboxylic acids is 1. The lowest BCUT2D eigenvalue weighted by molar-refractivity contribution is -0.139. The quantitative estimate of drug-likeness (QED) is 0.810. The lowest BCUT2D eigenvalue weighted by Crippen LogP contribution is -2.31. The zero-order valence-corrected chi connectivity index (χ0v) is 8.41. The predicted octanol–water partition coefficient (Wildman–Crippen LogP) is 1.84. The van der Waals surface area contributed by atoms with E-state index in [2.05, 4.69) is 5.32 Å². The monoisotopic (exact) mass is 227 g/mol. The van der Waals surface area contributed by atoms with Gasteiger partial charge >= 0.3 is 5.97 Å². The summed E-state index contributed by atoms with van der Waals surface area (Å²) in [5.74, 6) is -2.22. The Labute approximate surface area is 91.1 Å². The van der Waals surface area contributed by atoms with Crippen molar-refractivity contribution in [1.82, 2.24) is 5.32 Å². The molecule has 0 radical (unpaired) electrons. The Bertz CT molecular complexity index is 402. The number of aliphatic carboxylic acids is 1. The minimum Gasteiger partial charge on any atom is -0.480 e. The Hall–Kier alpha value is -1.49. The van der Waals surface area contributed by atoms with Crippen LogP contribution in [0.4, 0.5) is 8.78 Å². The number of hydrogen-bond acceptors (Lipinski definition) is 2. The molecule has 0 saturated carbocycles. The molecule has 2 N–H and O–H groups in total. The molecular formula is C11H11F2NO2. The zero-order chi connectivity index (χ0) is 11.7. The summed E-state index contributed by atoms with van der Waals surface area (Å²) in [6, 6.07) is 2.34. The van der Waals surface area contributed by atoms with Crippen LogP contribution in [0.1, 0.15) is 24.4 Å². The summed E-state index contributed by atoms with van der Waals surface area (Å²) in [5.41, 5.74) is 0.459. The molecule has 1 saturated heterocycles. The van der Waals surface area contributed by atoms with E-state index in [0.717, 1.165) is 6.07 Å². The lowest BCUT2D eigenvalue weighted by Gasteiger charge is -2.12.